The molecule has 0 unspecified atom stereocenters. The number of fused-ring (bicyclic) bond motifs is 1. The number of hydrogen-bond acceptors (Lipinski definition) is 4. The van der Waals surface area contributed by atoms with Crippen molar-refractivity contribution >= 4 is 17.0 Å². The van der Waals surface area contributed by atoms with Crippen LogP contribution in [0.1, 0.15) is 18.1 Å². The van der Waals surface area contributed by atoms with Crippen LogP contribution in [0.4, 0.5) is 0 Å². The van der Waals surface area contributed by atoms with E-state index in [1.54, 1.807) is 12.1 Å². The van der Waals surface area contributed by atoms with E-state index in [0.717, 1.165) is 28.8 Å². The first-order valence-corrected chi connectivity index (χ1v) is 11.7. The topological polar surface area (TPSA) is 53.4 Å². The predicted octanol–water partition coefficient (Wildman–Crippen LogP) is 6.30. The van der Waals surface area contributed by atoms with Crippen molar-refractivity contribution < 1.29 is 14.3 Å². The van der Waals surface area contributed by atoms with Crippen molar-refractivity contribution in [2.75, 3.05) is 6.61 Å². The van der Waals surface area contributed by atoms with Gasteiger partial charge in [0, 0.05) is 12.1 Å². The Balaban J connectivity index is 1.30. The zero-order valence-corrected chi connectivity index (χ0v) is 19.6. The van der Waals surface area contributed by atoms with Gasteiger partial charge in [-0.05, 0) is 66.1 Å². The molecule has 0 aliphatic carbocycles. The molecule has 1 heterocycles. The Kier molecular flexibility index (Phi) is 6.57. The molecule has 0 fully saturated rings. The van der Waals surface area contributed by atoms with Gasteiger partial charge >= 0.3 is 5.97 Å². The van der Waals surface area contributed by atoms with E-state index in [1.807, 2.05) is 72.8 Å². The molecule has 35 heavy (non-hydrogen) atoms. The van der Waals surface area contributed by atoms with Crippen molar-refractivity contribution in [2.24, 2.45) is 0 Å². The van der Waals surface area contributed by atoms with Crippen molar-refractivity contribution in [3.8, 4) is 22.9 Å². The van der Waals surface area contributed by atoms with Crippen LogP contribution in [0.5, 0.6) is 11.5 Å². The molecule has 1 aromatic heterocycles. The summed E-state index contributed by atoms with van der Waals surface area (Å²) in [6.45, 7) is 2.65. The van der Waals surface area contributed by atoms with Crippen molar-refractivity contribution in [3.05, 3.63) is 114 Å². The third-order valence-corrected chi connectivity index (χ3v) is 5.87. The zero-order valence-electron chi connectivity index (χ0n) is 19.6. The molecular weight excluding hydrogens is 436 g/mol. The van der Waals surface area contributed by atoms with E-state index in [4.69, 9.17) is 14.5 Å². The van der Waals surface area contributed by atoms with Crippen LogP contribution in [0.3, 0.4) is 0 Å². The van der Waals surface area contributed by atoms with Crippen molar-refractivity contribution in [3.63, 3.8) is 0 Å². The normalized spacial score (nSPS) is 10.9. The first-order valence-electron chi connectivity index (χ1n) is 11.7. The van der Waals surface area contributed by atoms with Gasteiger partial charge in [-0.2, -0.15) is 0 Å². The third kappa shape index (κ3) is 5.25. The number of nitrogens with zero attached hydrogens (tertiary/aromatic N) is 2. The number of aromatic nitrogens is 2. The smallest absolute Gasteiger partial charge is 0.349 e. The van der Waals surface area contributed by atoms with E-state index in [1.165, 1.54) is 11.1 Å². The summed E-state index contributed by atoms with van der Waals surface area (Å²) in [6.07, 6.45) is 0.959. The highest BCUT2D eigenvalue weighted by molar-refractivity contribution is 5.81. The van der Waals surface area contributed by atoms with Gasteiger partial charge in [-0.25, -0.2) is 9.78 Å². The molecule has 0 saturated carbocycles. The Morgan fingerprint density at radius 3 is 2.20 bits per heavy atom. The Bertz CT molecular complexity index is 1420. The average Bonchev–Trinajstić information content (AvgIpc) is 3.27. The maximum atomic E-state index is 12.3. The number of imidazole rings is 1. The number of ether oxygens (including phenoxy) is 2. The number of rotatable bonds is 8. The van der Waals surface area contributed by atoms with E-state index in [2.05, 4.69) is 29.7 Å². The minimum absolute atomic E-state index is 0.153. The predicted molar refractivity (Wildman–Crippen MR) is 138 cm³/mol. The highest BCUT2D eigenvalue weighted by atomic mass is 16.6. The number of aryl methyl sites for hydroxylation is 1. The molecule has 0 N–H and O–H groups in total. The molecular formula is C30H26N2O3. The Morgan fingerprint density at radius 2 is 1.46 bits per heavy atom. The summed E-state index contributed by atoms with van der Waals surface area (Å²) in [7, 11) is 0. The number of benzene rings is 4. The van der Waals surface area contributed by atoms with Crippen molar-refractivity contribution in [1.29, 1.82) is 0 Å². The average molecular weight is 463 g/mol. The summed E-state index contributed by atoms with van der Waals surface area (Å²) in [6, 6.07) is 33.6. The summed E-state index contributed by atoms with van der Waals surface area (Å²) >= 11 is 0. The minimum atomic E-state index is -0.450. The lowest BCUT2D eigenvalue weighted by Gasteiger charge is -2.11. The van der Waals surface area contributed by atoms with Crippen LogP contribution in [-0.2, 0) is 17.8 Å². The molecule has 5 aromatic rings. The SMILES string of the molecule is CCc1ccc(OCC(=O)Oc2ccc(-c3nc4ccccc4n3Cc3ccccc3)cc2)cc1. The largest absolute Gasteiger partial charge is 0.482 e. The van der Waals surface area contributed by atoms with Gasteiger partial charge in [0.1, 0.15) is 17.3 Å². The maximum Gasteiger partial charge on any atom is 0.349 e. The van der Waals surface area contributed by atoms with Crippen LogP contribution in [0, 0.1) is 0 Å². The van der Waals surface area contributed by atoms with Gasteiger partial charge in [-0.3, -0.25) is 0 Å². The van der Waals surface area contributed by atoms with E-state index >= 15 is 0 Å². The number of para-hydroxylation sites is 2. The summed E-state index contributed by atoms with van der Waals surface area (Å²) in [4.78, 5) is 17.2. The second-order valence-corrected chi connectivity index (χ2v) is 8.28. The fourth-order valence-electron chi connectivity index (χ4n) is 4.02. The summed E-state index contributed by atoms with van der Waals surface area (Å²) < 4.78 is 13.2. The van der Waals surface area contributed by atoms with Crippen LogP contribution in [0.25, 0.3) is 22.4 Å². The third-order valence-electron chi connectivity index (χ3n) is 5.87. The number of hydrogen-bond donors (Lipinski definition) is 0. The minimum Gasteiger partial charge on any atom is -0.482 e. The quantitative estimate of drug-likeness (QED) is 0.201. The monoisotopic (exact) mass is 462 g/mol. The molecule has 5 rings (SSSR count). The fraction of sp³-hybridized carbons (Fsp3) is 0.133. The Morgan fingerprint density at radius 1 is 0.771 bits per heavy atom. The van der Waals surface area contributed by atoms with E-state index in [9.17, 15) is 4.79 Å². The van der Waals surface area contributed by atoms with Crippen LogP contribution in [-0.4, -0.2) is 22.1 Å². The van der Waals surface area contributed by atoms with E-state index in [-0.39, 0.29) is 6.61 Å². The molecule has 0 aliphatic rings. The van der Waals surface area contributed by atoms with E-state index in [0.29, 0.717) is 18.0 Å². The lowest BCUT2D eigenvalue weighted by molar-refractivity contribution is -0.136. The highest BCUT2D eigenvalue weighted by Gasteiger charge is 2.14. The Labute approximate surface area is 204 Å². The molecule has 5 nitrogen and oxygen atoms in total. The van der Waals surface area contributed by atoms with Crippen LogP contribution in [0.15, 0.2) is 103 Å². The maximum absolute atomic E-state index is 12.3. The number of carbonyl (C=O) groups excluding carboxylic acids is 1. The standard InChI is InChI=1S/C30H26N2O3/c1-2-22-12-16-25(17-13-22)34-21-29(33)35-26-18-14-24(15-19-26)30-31-27-10-6-7-11-28(27)32(30)20-23-8-4-3-5-9-23/h3-19H,2,20-21H2,1H3. The second kappa shape index (κ2) is 10.3. The number of esters is 1. The molecule has 0 radical (unpaired) electrons. The molecule has 4 aromatic carbocycles. The van der Waals surface area contributed by atoms with Gasteiger partial charge in [-0.1, -0.05) is 61.5 Å². The molecule has 0 spiro atoms. The lowest BCUT2D eigenvalue weighted by atomic mass is 10.2. The van der Waals surface area contributed by atoms with Crippen molar-refractivity contribution in [2.45, 2.75) is 19.9 Å². The molecule has 0 bridgehead atoms. The lowest BCUT2D eigenvalue weighted by Crippen LogP contribution is -2.17. The molecule has 0 atom stereocenters. The fourth-order valence-corrected chi connectivity index (χ4v) is 4.02. The molecule has 0 aliphatic heterocycles. The van der Waals surface area contributed by atoms with Crippen LogP contribution < -0.4 is 9.47 Å². The van der Waals surface area contributed by atoms with Gasteiger partial charge in [0.2, 0.25) is 0 Å². The van der Waals surface area contributed by atoms with Gasteiger partial charge in [-0.15, -0.1) is 0 Å². The van der Waals surface area contributed by atoms with Gasteiger partial charge in [0.05, 0.1) is 11.0 Å². The van der Waals surface area contributed by atoms with Crippen molar-refractivity contribution in [1.82, 2.24) is 9.55 Å². The van der Waals surface area contributed by atoms with Gasteiger partial charge in [0.15, 0.2) is 6.61 Å². The summed E-state index contributed by atoms with van der Waals surface area (Å²) in [5.41, 5.74) is 5.39. The summed E-state index contributed by atoms with van der Waals surface area (Å²) in [5.74, 6) is 1.53. The summed E-state index contributed by atoms with van der Waals surface area (Å²) in [5, 5.41) is 0. The molecule has 0 saturated heterocycles. The Hall–Kier alpha value is -4.38. The first-order chi connectivity index (χ1) is 17.2. The highest BCUT2D eigenvalue weighted by Crippen LogP contribution is 2.27. The van der Waals surface area contributed by atoms with Crippen LogP contribution >= 0.6 is 0 Å². The molecule has 174 valence electrons. The molecule has 0 amide bonds. The number of carbonyl (C=O) groups is 1. The molecule has 5 heteroatoms. The first kappa shape index (κ1) is 22.4. The van der Waals surface area contributed by atoms with Gasteiger partial charge < -0.3 is 14.0 Å². The second-order valence-electron chi connectivity index (χ2n) is 8.28. The van der Waals surface area contributed by atoms with Crippen LogP contribution in [0.2, 0.25) is 0 Å². The zero-order chi connectivity index (χ0) is 24.0. The van der Waals surface area contributed by atoms with E-state index < -0.39 is 5.97 Å². The van der Waals surface area contributed by atoms with Gasteiger partial charge in [0.25, 0.3) is 0 Å².